The predicted molar refractivity (Wildman–Crippen MR) is 77.2 cm³/mol. The van der Waals surface area contributed by atoms with Gasteiger partial charge in [0.1, 0.15) is 0 Å². The molecule has 106 valence electrons. The van der Waals surface area contributed by atoms with E-state index in [1.54, 1.807) is 0 Å². The Bertz CT molecular complexity index is 364. The van der Waals surface area contributed by atoms with E-state index in [1.165, 1.54) is 5.56 Å². The molecular weight excluding hydrogens is 240 g/mol. The molecule has 1 aromatic rings. The highest BCUT2D eigenvalue weighted by Crippen LogP contribution is 2.17. The van der Waals surface area contributed by atoms with Crippen molar-refractivity contribution in [1.82, 2.24) is 10.6 Å². The summed E-state index contributed by atoms with van der Waals surface area (Å²) < 4.78 is 0. The first kappa shape index (κ1) is 15.5. The monoisotopic (exact) mass is 264 g/mol. The number of amides is 2. The quantitative estimate of drug-likeness (QED) is 0.707. The molecule has 1 rings (SSSR count). The molecule has 0 heterocycles. The Labute approximate surface area is 115 Å². The molecule has 0 radical (unpaired) electrons. The zero-order chi connectivity index (χ0) is 14.1. The molecule has 0 spiro atoms. The first-order valence-corrected chi connectivity index (χ1v) is 6.91. The van der Waals surface area contributed by atoms with Gasteiger partial charge in [0.2, 0.25) is 0 Å². The Morgan fingerprint density at radius 2 is 1.89 bits per heavy atom. The molecule has 0 saturated heterocycles. The van der Waals surface area contributed by atoms with Crippen molar-refractivity contribution >= 4 is 6.03 Å². The lowest BCUT2D eigenvalue weighted by Gasteiger charge is -2.19. The number of rotatable bonds is 7. The number of aliphatic hydroxyl groups is 1. The van der Waals surface area contributed by atoms with Crippen molar-refractivity contribution in [2.24, 2.45) is 0 Å². The lowest BCUT2D eigenvalue weighted by atomic mass is 9.97. The van der Waals surface area contributed by atoms with Crippen molar-refractivity contribution in [3.63, 3.8) is 0 Å². The minimum absolute atomic E-state index is 0.0280. The number of nitrogens with one attached hydrogen (secondary N) is 2. The number of hydrogen-bond donors (Lipinski definition) is 3. The maximum Gasteiger partial charge on any atom is 0.315 e. The predicted octanol–water partition coefficient (Wildman–Crippen LogP) is 2.25. The van der Waals surface area contributed by atoms with Crippen LogP contribution in [0.15, 0.2) is 30.3 Å². The Morgan fingerprint density at radius 1 is 1.21 bits per heavy atom. The summed E-state index contributed by atoms with van der Waals surface area (Å²) in [5.74, 6) is 0.321. The maximum atomic E-state index is 11.7. The Kier molecular flexibility index (Phi) is 6.97. The summed E-state index contributed by atoms with van der Waals surface area (Å²) in [7, 11) is 0. The molecule has 4 heteroatoms. The Balaban J connectivity index is 2.43. The molecule has 2 atom stereocenters. The van der Waals surface area contributed by atoms with Crippen molar-refractivity contribution in [2.75, 3.05) is 13.2 Å². The largest absolute Gasteiger partial charge is 0.394 e. The van der Waals surface area contributed by atoms with Crippen LogP contribution in [0, 0.1) is 0 Å². The van der Waals surface area contributed by atoms with Crippen molar-refractivity contribution in [3.05, 3.63) is 35.9 Å². The van der Waals surface area contributed by atoms with E-state index in [0.29, 0.717) is 12.5 Å². The van der Waals surface area contributed by atoms with Gasteiger partial charge in [0.15, 0.2) is 0 Å². The second-order valence-corrected chi connectivity index (χ2v) is 4.66. The number of benzene rings is 1. The van der Waals surface area contributed by atoms with Crippen LogP contribution in [-0.2, 0) is 0 Å². The van der Waals surface area contributed by atoms with E-state index >= 15 is 0 Å². The molecule has 0 bridgehead atoms. The van der Waals surface area contributed by atoms with Crippen molar-refractivity contribution in [3.8, 4) is 0 Å². The van der Waals surface area contributed by atoms with E-state index in [-0.39, 0.29) is 18.7 Å². The summed E-state index contributed by atoms with van der Waals surface area (Å²) in [6.07, 6.45) is 1.70. The molecule has 0 saturated carbocycles. The van der Waals surface area contributed by atoms with Crippen molar-refractivity contribution in [1.29, 1.82) is 0 Å². The minimum Gasteiger partial charge on any atom is -0.394 e. The summed E-state index contributed by atoms with van der Waals surface area (Å²) in [5, 5.41) is 14.7. The van der Waals surface area contributed by atoms with Crippen LogP contribution >= 0.6 is 0 Å². The number of urea groups is 1. The van der Waals surface area contributed by atoms with Crippen LogP contribution in [0.2, 0.25) is 0 Å². The summed E-state index contributed by atoms with van der Waals surface area (Å²) in [5.41, 5.74) is 1.24. The van der Waals surface area contributed by atoms with Gasteiger partial charge in [0.05, 0.1) is 12.6 Å². The summed E-state index contributed by atoms with van der Waals surface area (Å²) in [4.78, 5) is 11.7. The van der Waals surface area contributed by atoms with Gasteiger partial charge in [0.25, 0.3) is 0 Å². The molecule has 3 N–H and O–H groups in total. The van der Waals surface area contributed by atoms with E-state index in [4.69, 9.17) is 5.11 Å². The molecule has 4 nitrogen and oxygen atoms in total. The highest BCUT2D eigenvalue weighted by atomic mass is 16.3. The van der Waals surface area contributed by atoms with E-state index in [9.17, 15) is 4.79 Å². The molecular formula is C15H24N2O2. The molecule has 0 aliphatic heterocycles. The zero-order valence-electron chi connectivity index (χ0n) is 11.7. The van der Waals surface area contributed by atoms with Gasteiger partial charge in [-0.15, -0.1) is 0 Å². The number of aliphatic hydroxyl groups excluding tert-OH is 1. The molecule has 1 aromatic carbocycles. The number of carbonyl (C=O) groups excluding carboxylic acids is 1. The van der Waals surface area contributed by atoms with E-state index in [1.807, 2.05) is 25.1 Å². The SMILES string of the molecule is CCC(CO)NC(=O)NCC(CC)c1ccccc1. The van der Waals surface area contributed by atoms with Gasteiger partial charge in [-0.05, 0) is 18.4 Å². The van der Waals surface area contributed by atoms with Crippen LogP contribution < -0.4 is 10.6 Å². The van der Waals surface area contributed by atoms with Crippen LogP contribution in [0.3, 0.4) is 0 Å². The van der Waals surface area contributed by atoms with E-state index in [2.05, 4.69) is 29.7 Å². The van der Waals surface area contributed by atoms with Gasteiger partial charge in [-0.3, -0.25) is 0 Å². The maximum absolute atomic E-state index is 11.7. The lowest BCUT2D eigenvalue weighted by Crippen LogP contribution is -2.44. The van der Waals surface area contributed by atoms with Gasteiger partial charge in [-0.2, -0.15) is 0 Å². The van der Waals surface area contributed by atoms with Crippen LogP contribution in [0.25, 0.3) is 0 Å². The zero-order valence-corrected chi connectivity index (χ0v) is 11.7. The third-order valence-corrected chi connectivity index (χ3v) is 3.32. The van der Waals surface area contributed by atoms with E-state index < -0.39 is 0 Å². The number of hydrogen-bond acceptors (Lipinski definition) is 2. The van der Waals surface area contributed by atoms with Crippen molar-refractivity contribution in [2.45, 2.75) is 38.6 Å². The normalized spacial score (nSPS) is 13.6. The molecule has 2 unspecified atom stereocenters. The van der Waals surface area contributed by atoms with Crippen LogP contribution in [0.4, 0.5) is 4.79 Å². The third kappa shape index (κ3) is 5.30. The average molecular weight is 264 g/mol. The highest BCUT2D eigenvalue weighted by molar-refractivity contribution is 5.74. The van der Waals surface area contributed by atoms with Crippen LogP contribution in [-0.4, -0.2) is 30.3 Å². The summed E-state index contributed by atoms with van der Waals surface area (Å²) in [6, 6.07) is 9.79. The van der Waals surface area contributed by atoms with Crippen molar-refractivity contribution < 1.29 is 9.90 Å². The fourth-order valence-electron chi connectivity index (χ4n) is 1.95. The summed E-state index contributed by atoms with van der Waals surface area (Å²) >= 11 is 0. The van der Waals surface area contributed by atoms with E-state index in [0.717, 1.165) is 12.8 Å². The van der Waals surface area contributed by atoms with Crippen LogP contribution in [0.1, 0.15) is 38.2 Å². The molecule has 0 fully saturated rings. The van der Waals surface area contributed by atoms with Crippen LogP contribution in [0.5, 0.6) is 0 Å². The first-order chi connectivity index (χ1) is 9.21. The topological polar surface area (TPSA) is 61.4 Å². The average Bonchev–Trinajstić information content (AvgIpc) is 2.46. The second kappa shape index (κ2) is 8.53. The van der Waals surface area contributed by atoms with Gasteiger partial charge in [-0.25, -0.2) is 4.79 Å². The van der Waals surface area contributed by atoms with Gasteiger partial charge in [-0.1, -0.05) is 44.2 Å². The van der Waals surface area contributed by atoms with Gasteiger partial charge >= 0.3 is 6.03 Å². The highest BCUT2D eigenvalue weighted by Gasteiger charge is 2.12. The Morgan fingerprint density at radius 3 is 2.42 bits per heavy atom. The fourth-order valence-corrected chi connectivity index (χ4v) is 1.95. The lowest BCUT2D eigenvalue weighted by molar-refractivity contribution is 0.214. The Hall–Kier alpha value is -1.55. The smallest absolute Gasteiger partial charge is 0.315 e. The fraction of sp³-hybridized carbons (Fsp3) is 0.533. The molecule has 19 heavy (non-hydrogen) atoms. The molecule has 0 aliphatic carbocycles. The number of carbonyl (C=O) groups is 1. The molecule has 0 aliphatic rings. The molecule has 2 amide bonds. The standard InChI is InChI=1S/C15H24N2O2/c1-3-12(13-8-6-5-7-9-13)10-16-15(19)17-14(4-2)11-18/h5-9,12,14,18H,3-4,10-11H2,1-2H3,(H2,16,17,19). The van der Waals surface area contributed by atoms with Gasteiger partial charge in [0, 0.05) is 12.5 Å². The minimum atomic E-state index is -0.213. The summed E-state index contributed by atoms with van der Waals surface area (Å²) in [6.45, 7) is 4.62. The third-order valence-electron chi connectivity index (χ3n) is 3.32. The second-order valence-electron chi connectivity index (χ2n) is 4.66. The van der Waals surface area contributed by atoms with Gasteiger partial charge < -0.3 is 15.7 Å². The first-order valence-electron chi connectivity index (χ1n) is 6.91. The molecule has 0 aromatic heterocycles.